The lowest BCUT2D eigenvalue weighted by Crippen LogP contribution is -2.38. The molecule has 1 N–H and O–H groups in total. The lowest BCUT2D eigenvalue weighted by molar-refractivity contribution is -0.137. The standard InChI is InChI=1S/C11H14BrNO4/c1-7(2)13(5-3-9(14)15)11(16)8-4-6-17-10(8)12/h4,6-7H,3,5H2,1-2H3,(H,14,15). The summed E-state index contributed by atoms with van der Waals surface area (Å²) in [6.07, 6.45) is 1.34. The third-order valence-corrected chi connectivity index (χ3v) is 2.91. The number of hydrogen-bond acceptors (Lipinski definition) is 3. The van der Waals surface area contributed by atoms with Gasteiger partial charge in [-0.05, 0) is 35.8 Å². The number of furan rings is 1. The van der Waals surface area contributed by atoms with Gasteiger partial charge >= 0.3 is 5.97 Å². The first kappa shape index (κ1) is 13.8. The van der Waals surface area contributed by atoms with Crippen molar-refractivity contribution in [3.8, 4) is 0 Å². The zero-order valence-electron chi connectivity index (χ0n) is 9.64. The second kappa shape index (κ2) is 5.86. The molecule has 0 atom stereocenters. The summed E-state index contributed by atoms with van der Waals surface area (Å²) in [7, 11) is 0. The van der Waals surface area contributed by atoms with Gasteiger partial charge in [-0.2, -0.15) is 0 Å². The van der Waals surface area contributed by atoms with Crippen LogP contribution in [0.25, 0.3) is 0 Å². The van der Waals surface area contributed by atoms with Crippen LogP contribution in [-0.2, 0) is 4.79 Å². The Labute approximate surface area is 108 Å². The highest BCUT2D eigenvalue weighted by Crippen LogP contribution is 2.20. The molecule has 1 heterocycles. The van der Waals surface area contributed by atoms with E-state index < -0.39 is 5.97 Å². The summed E-state index contributed by atoms with van der Waals surface area (Å²) in [6, 6.07) is 1.49. The van der Waals surface area contributed by atoms with Gasteiger partial charge in [0.1, 0.15) is 0 Å². The monoisotopic (exact) mass is 303 g/mol. The van der Waals surface area contributed by atoms with E-state index in [1.807, 2.05) is 13.8 Å². The molecule has 1 aromatic rings. The van der Waals surface area contributed by atoms with Crippen molar-refractivity contribution < 1.29 is 19.1 Å². The predicted octanol–water partition coefficient (Wildman–Crippen LogP) is 2.37. The fourth-order valence-corrected chi connectivity index (χ4v) is 1.82. The Morgan fingerprint density at radius 3 is 2.59 bits per heavy atom. The molecule has 0 aliphatic heterocycles. The van der Waals surface area contributed by atoms with Crippen molar-refractivity contribution in [2.24, 2.45) is 0 Å². The van der Waals surface area contributed by atoms with Crippen molar-refractivity contribution in [2.45, 2.75) is 26.3 Å². The first-order chi connectivity index (χ1) is 7.93. The number of carboxylic acids is 1. The van der Waals surface area contributed by atoms with E-state index in [1.165, 1.54) is 11.2 Å². The summed E-state index contributed by atoms with van der Waals surface area (Å²) < 4.78 is 5.36. The Bertz CT molecular complexity index is 413. The van der Waals surface area contributed by atoms with Crippen LogP contribution in [0.5, 0.6) is 0 Å². The third-order valence-electron chi connectivity index (χ3n) is 2.30. The Morgan fingerprint density at radius 2 is 2.18 bits per heavy atom. The summed E-state index contributed by atoms with van der Waals surface area (Å²) in [5.41, 5.74) is 0.407. The molecular formula is C11H14BrNO4. The molecule has 0 aliphatic rings. The zero-order valence-corrected chi connectivity index (χ0v) is 11.2. The van der Waals surface area contributed by atoms with E-state index in [0.717, 1.165) is 0 Å². The Balaban J connectivity index is 2.81. The molecule has 17 heavy (non-hydrogen) atoms. The van der Waals surface area contributed by atoms with E-state index in [-0.39, 0.29) is 24.9 Å². The third kappa shape index (κ3) is 3.59. The quantitative estimate of drug-likeness (QED) is 0.906. The van der Waals surface area contributed by atoms with Gasteiger partial charge in [0.15, 0.2) is 4.67 Å². The molecule has 0 saturated carbocycles. The molecule has 0 bridgehead atoms. The fraction of sp³-hybridized carbons (Fsp3) is 0.455. The molecule has 1 rings (SSSR count). The van der Waals surface area contributed by atoms with Crippen molar-refractivity contribution in [3.05, 3.63) is 22.6 Å². The fourth-order valence-electron chi connectivity index (χ4n) is 1.41. The second-order valence-corrected chi connectivity index (χ2v) is 4.56. The molecule has 1 amide bonds. The first-order valence-electron chi connectivity index (χ1n) is 5.19. The second-order valence-electron chi connectivity index (χ2n) is 3.84. The van der Waals surface area contributed by atoms with Crippen LogP contribution >= 0.6 is 15.9 Å². The summed E-state index contributed by atoms with van der Waals surface area (Å²) in [6.45, 7) is 3.87. The molecule has 6 heteroatoms. The highest BCUT2D eigenvalue weighted by atomic mass is 79.9. The van der Waals surface area contributed by atoms with Gasteiger partial charge in [-0.25, -0.2) is 0 Å². The summed E-state index contributed by atoms with van der Waals surface area (Å²) in [5.74, 6) is -1.16. The number of rotatable bonds is 5. The highest BCUT2D eigenvalue weighted by Gasteiger charge is 2.22. The molecule has 0 fully saturated rings. The Kier molecular flexibility index (Phi) is 4.74. The van der Waals surface area contributed by atoms with E-state index in [1.54, 1.807) is 6.07 Å². The molecular weight excluding hydrogens is 290 g/mol. The maximum atomic E-state index is 12.1. The Hall–Kier alpha value is -1.30. The average Bonchev–Trinajstić information content (AvgIpc) is 2.63. The molecule has 0 saturated heterocycles. The first-order valence-corrected chi connectivity index (χ1v) is 5.98. The number of carbonyl (C=O) groups is 2. The lowest BCUT2D eigenvalue weighted by Gasteiger charge is -2.25. The van der Waals surface area contributed by atoms with Crippen LogP contribution in [0.3, 0.4) is 0 Å². The predicted molar refractivity (Wildman–Crippen MR) is 64.8 cm³/mol. The molecule has 0 aliphatic carbocycles. The minimum absolute atomic E-state index is 0.0661. The van der Waals surface area contributed by atoms with Crippen LogP contribution in [0.2, 0.25) is 0 Å². The normalized spacial score (nSPS) is 10.6. The van der Waals surface area contributed by atoms with Crippen molar-refractivity contribution in [2.75, 3.05) is 6.54 Å². The maximum Gasteiger partial charge on any atom is 0.305 e. The maximum absolute atomic E-state index is 12.1. The summed E-state index contributed by atoms with van der Waals surface area (Å²) in [5, 5.41) is 8.65. The van der Waals surface area contributed by atoms with Crippen molar-refractivity contribution in [1.82, 2.24) is 4.90 Å². The minimum Gasteiger partial charge on any atom is -0.481 e. The van der Waals surface area contributed by atoms with Gasteiger partial charge in [0.2, 0.25) is 0 Å². The van der Waals surface area contributed by atoms with Crippen LogP contribution in [0, 0.1) is 0 Å². The van der Waals surface area contributed by atoms with Crippen LogP contribution in [-0.4, -0.2) is 34.5 Å². The molecule has 5 nitrogen and oxygen atoms in total. The van der Waals surface area contributed by atoms with E-state index in [9.17, 15) is 9.59 Å². The average molecular weight is 304 g/mol. The number of halogens is 1. The molecule has 0 aromatic carbocycles. The topological polar surface area (TPSA) is 70.8 Å². The molecule has 0 radical (unpaired) electrons. The van der Waals surface area contributed by atoms with E-state index >= 15 is 0 Å². The van der Waals surface area contributed by atoms with E-state index in [0.29, 0.717) is 10.2 Å². The number of nitrogens with zero attached hydrogens (tertiary/aromatic N) is 1. The van der Waals surface area contributed by atoms with Crippen molar-refractivity contribution in [1.29, 1.82) is 0 Å². The van der Waals surface area contributed by atoms with Crippen LogP contribution in [0.1, 0.15) is 30.6 Å². The highest BCUT2D eigenvalue weighted by molar-refractivity contribution is 9.10. The van der Waals surface area contributed by atoms with Crippen LogP contribution < -0.4 is 0 Å². The van der Waals surface area contributed by atoms with E-state index in [2.05, 4.69) is 15.9 Å². The minimum atomic E-state index is -0.922. The molecule has 0 spiro atoms. The summed E-state index contributed by atoms with van der Waals surface area (Å²) in [4.78, 5) is 24.2. The number of carbonyl (C=O) groups excluding carboxylic acids is 1. The molecule has 94 valence electrons. The van der Waals surface area contributed by atoms with Gasteiger partial charge < -0.3 is 14.4 Å². The smallest absolute Gasteiger partial charge is 0.305 e. The number of hydrogen-bond donors (Lipinski definition) is 1. The van der Waals surface area contributed by atoms with Gasteiger partial charge in [0, 0.05) is 12.6 Å². The molecule has 1 aromatic heterocycles. The molecule has 0 unspecified atom stereocenters. The van der Waals surface area contributed by atoms with Gasteiger partial charge in [0.05, 0.1) is 18.2 Å². The van der Waals surface area contributed by atoms with Crippen LogP contribution in [0.15, 0.2) is 21.4 Å². The number of aliphatic carboxylic acids is 1. The Morgan fingerprint density at radius 1 is 1.53 bits per heavy atom. The van der Waals surface area contributed by atoms with Crippen LogP contribution in [0.4, 0.5) is 0 Å². The SMILES string of the molecule is CC(C)N(CCC(=O)O)C(=O)c1ccoc1Br. The van der Waals surface area contributed by atoms with Crippen molar-refractivity contribution in [3.63, 3.8) is 0 Å². The van der Waals surface area contributed by atoms with E-state index in [4.69, 9.17) is 9.52 Å². The van der Waals surface area contributed by atoms with Gasteiger partial charge in [-0.3, -0.25) is 9.59 Å². The zero-order chi connectivity index (χ0) is 13.0. The van der Waals surface area contributed by atoms with Gasteiger partial charge in [-0.1, -0.05) is 0 Å². The number of amides is 1. The van der Waals surface area contributed by atoms with Crippen molar-refractivity contribution >= 4 is 27.8 Å². The number of carboxylic acid groups (broad SMARTS) is 1. The lowest BCUT2D eigenvalue weighted by atomic mass is 10.2. The largest absolute Gasteiger partial charge is 0.481 e. The summed E-state index contributed by atoms with van der Waals surface area (Å²) >= 11 is 3.13. The van der Waals surface area contributed by atoms with Gasteiger partial charge in [-0.15, -0.1) is 0 Å². The van der Waals surface area contributed by atoms with Gasteiger partial charge in [0.25, 0.3) is 5.91 Å².